The van der Waals surface area contributed by atoms with Gasteiger partial charge in [0.15, 0.2) is 0 Å². The van der Waals surface area contributed by atoms with Crippen LogP contribution >= 0.6 is 34.8 Å². The van der Waals surface area contributed by atoms with Crippen LogP contribution < -0.4 is 20.3 Å². The Hall–Kier alpha value is -3.52. The highest BCUT2D eigenvalue weighted by atomic mass is 35.5. The van der Waals surface area contributed by atoms with E-state index in [2.05, 4.69) is 10.6 Å². The molecule has 178 valence electrons. The van der Waals surface area contributed by atoms with Crippen LogP contribution in [0.15, 0.2) is 77.5 Å². The van der Waals surface area contributed by atoms with Crippen molar-refractivity contribution in [1.82, 2.24) is 0 Å². The van der Waals surface area contributed by atoms with Crippen LogP contribution in [0.2, 0.25) is 10.0 Å². The van der Waals surface area contributed by atoms with Gasteiger partial charge in [0.25, 0.3) is 17.7 Å². The minimum absolute atomic E-state index is 0.112. The van der Waals surface area contributed by atoms with Crippen molar-refractivity contribution in [3.63, 3.8) is 0 Å². The Bertz CT molecular complexity index is 1340. The molecule has 2 N–H and O–H groups in total. The highest BCUT2D eigenvalue weighted by Gasteiger charge is 2.40. The zero-order chi connectivity index (χ0) is 25.1. The minimum Gasteiger partial charge on any atom is -0.494 e. The monoisotopic (exact) mass is 529 g/mol. The highest BCUT2D eigenvalue weighted by Crippen LogP contribution is 2.35. The maximum atomic E-state index is 13.0. The lowest BCUT2D eigenvalue weighted by Crippen LogP contribution is -2.32. The van der Waals surface area contributed by atoms with Gasteiger partial charge in [0, 0.05) is 22.0 Å². The molecule has 35 heavy (non-hydrogen) atoms. The van der Waals surface area contributed by atoms with Crippen LogP contribution in [0.3, 0.4) is 0 Å². The van der Waals surface area contributed by atoms with E-state index in [0.717, 1.165) is 4.90 Å². The van der Waals surface area contributed by atoms with Crippen LogP contribution in [0.5, 0.6) is 5.75 Å². The summed E-state index contributed by atoms with van der Waals surface area (Å²) in [6.45, 7) is 2.45. The molecular weight excluding hydrogens is 513 g/mol. The van der Waals surface area contributed by atoms with E-state index in [1.54, 1.807) is 54.6 Å². The molecular formula is C25H18Cl3N3O4. The molecule has 0 radical (unpaired) electrons. The molecule has 0 aliphatic carbocycles. The predicted octanol–water partition coefficient (Wildman–Crippen LogP) is 6.08. The van der Waals surface area contributed by atoms with Crippen molar-refractivity contribution >= 4 is 69.6 Å². The largest absolute Gasteiger partial charge is 0.494 e. The third kappa shape index (κ3) is 5.27. The number of hydrogen-bond donors (Lipinski definition) is 2. The van der Waals surface area contributed by atoms with Gasteiger partial charge >= 0.3 is 0 Å². The van der Waals surface area contributed by atoms with Gasteiger partial charge in [-0.3, -0.25) is 14.4 Å². The number of nitrogens with zero attached hydrogens (tertiary/aromatic N) is 1. The summed E-state index contributed by atoms with van der Waals surface area (Å²) in [5, 5.41) is 5.84. The number of rotatable bonds is 7. The SMILES string of the molecule is CCOc1ccc(NC(=O)c2ccc(NC3=C(Cl)C(=O)N(c4cc(Cl)ccc4Cl)C3=O)cc2)cc1. The van der Waals surface area contributed by atoms with Crippen LogP contribution in [-0.2, 0) is 9.59 Å². The summed E-state index contributed by atoms with van der Waals surface area (Å²) >= 11 is 18.3. The number of anilines is 3. The molecule has 4 rings (SSSR count). The third-order valence-electron chi connectivity index (χ3n) is 5.02. The molecule has 3 aromatic carbocycles. The minimum atomic E-state index is -0.727. The number of imide groups is 1. The van der Waals surface area contributed by atoms with Gasteiger partial charge < -0.3 is 15.4 Å². The molecule has 3 aromatic rings. The van der Waals surface area contributed by atoms with Crippen LogP contribution in [0.1, 0.15) is 17.3 Å². The average molecular weight is 531 g/mol. The number of ether oxygens (including phenoxy) is 1. The molecule has 0 spiro atoms. The molecule has 3 amide bonds. The van der Waals surface area contributed by atoms with Crippen LogP contribution in [0.25, 0.3) is 0 Å². The van der Waals surface area contributed by atoms with Crippen molar-refractivity contribution < 1.29 is 19.1 Å². The van der Waals surface area contributed by atoms with Crippen LogP contribution in [0, 0.1) is 0 Å². The molecule has 7 nitrogen and oxygen atoms in total. The lowest BCUT2D eigenvalue weighted by atomic mass is 10.2. The van der Waals surface area contributed by atoms with Gasteiger partial charge in [-0.2, -0.15) is 0 Å². The van der Waals surface area contributed by atoms with Crippen LogP contribution in [0.4, 0.5) is 17.1 Å². The summed E-state index contributed by atoms with van der Waals surface area (Å²) in [4.78, 5) is 39.1. The number of carbonyl (C=O) groups excluding carboxylic acids is 3. The van der Waals surface area contributed by atoms with Crippen molar-refractivity contribution in [1.29, 1.82) is 0 Å². The summed E-state index contributed by atoms with van der Waals surface area (Å²) in [6, 6.07) is 17.8. The van der Waals surface area contributed by atoms with E-state index in [4.69, 9.17) is 39.5 Å². The lowest BCUT2D eigenvalue weighted by Gasteiger charge is -2.17. The van der Waals surface area contributed by atoms with Crippen molar-refractivity contribution in [2.45, 2.75) is 6.92 Å². The normalized spacial score (nSPS) is 13.3. The molecule has 1 heterocycles. The van der Waals surface area contributed by atoms with Gasteiger partial charge in [-0.25, -0.2) is 4.90 Å². The van der Waals surface area contributed by atoms with Crippen LogP contribution in [-0.4, -0.2) is 24.3 Å². The fraction of sp³-hybridized carbons (Fsp3) is 0.0800. The molecule has 10 heteroatoms. The Balaban J connectivity index is 1.46. The van der Waals surface area contributed by atoms with E-state index >= 15 is 0 Å². The van der Waals surface area contributed by atoms with Gasteiger partial charge in [-0.1, -0.05) is 34.8 Å². The Morgan fingerprint density at radius 2 is 1.54 bits per heavy atom. The number of benzene rings is 3. The summed E-state index contributed by atoms with van der Waals surface area (Å²) in [5.41, 5.74) is 1.48. The average Bonchev–Trinajstić information content (AvgIpc) is 3.05. The molecule has 1 aliphatic rings. The predicted molar refractivity (Wildman–Crippen MR) is 137 cm³/mol. The fourth-order valence-electron chi connectivity index (χ4n) is 3.34. The summed E-state index contributed by atoms with van der Waals surface area (Å²) < 4.78 is 5.39. The second kappa shape index (κ2) is 10.4. The first-order valence-corrected chi connectivity index (χ1v) is 11.6. The molecule has 0 aromatic heterocycles. The zero-order valence-electron chi connectivity index (χ0n) is 18.3. The lowest BCUT2D eigenvalue weighted by molar-refractivity contribution is -0.120. The van der Waals surface area contributed by atoms with Crippen molar-refractivity contribution in [2.24, 2.45) is 0 Å². The molecule has 0 bridgehead atoms. The van der Waals surface area contributed by atoms with E-state index in [1.165, 1.54) is 12.1 Å². The van der Waals surface area contributed by atoms with Crippen molar-refractivity contribution in [2.75, 3.05) is 22.1 Å². The highest BCUT2D eigenvalue weighted by molar-refractivity contribution is 6.54. The topological polar surface area (TPSA) is 87.7 Å². The Labute approximate surface area is 216 Å². The molecule has 0 saturated heterocycles. The van der Waals surface area contributed by atoms with Gasteiger partial charge in [-0.05, 0) is 73.7 Å². The first-order chi connectivity index (χ1) is 16.8. The second-order valence-electron chi connectivity index (χ2n) is 7.34. The molecule has 0 atom stereocenters. The van der Waals surface area contributed by atoms with Gasteiger partial charge in [0.2, 0.25) is 0 Å². The summed E-state index contributed by atoms with van der Waals surface area (Å²) in [6.07, 6.45) is 0. The molecule has 0 unspecified atom stereocenters. The number of halogens is 3. The first-order valence-electron chi connectivity index (χ1n) is 10.4. The summed E-state index contributed by atoms with van der Waals surface area (Å²) in [7, 11) is 0. The van der Waals surface area contributed by atoms with E-state index < -0.39 is 11.8 Å². The number of amides is 3. The molecule has 0 saturated carbocycles. The Morgan fingerprint density at radius 1 is 0.886 bits per heavy atom. The Kier molecular flexibility index (Phi) is 7.31. The van der Waals surface area contributed by atoms with E-state index in [1.807, 2.05) is 6.92 Å². The maximum absolute atomic E-state index is 13.0. The van der Waals surface area contributed by atoms with Gasteiger partial charge in [0.05, 0.1) is 17.3 Å². The zero-order valence-corrected chi connectivity index (χ0v) is 20.5. The fourth-order valence-corrected chi connectivity index (χ4v) is 3.92. The van der Waals surface area contributed by atoms with E-state index in [-0.39, 0.29) is 27.3 Å². The number of carbonyl (C=O) groups is 3. The third-order valence-corrected chi connectivity index (χ3v) is 5.92. The van der Waals surface area contributed by atoms with E-state index in [0.29, 0.717) is 34.3 Å². The van der Waals surface area contributed by atoms with Crippen molar-refractivity contribution in [3.05, 3.63) is 93.1 Å². The summed E-state index contributed by atoms with van der Waals surface area (Å²) in [5.74, 6) is -1.01. The molecule has 1 aliphatic heterocycles. The smallest absolute Gasteiger partial charge is 0.283 e. The maximum Gasteiger partial charge on any atom is 0.283 e. The number of hydrogen-bond acceptors (Lipinski definition) is 5. The van der Waals surface area contributed by atoms with E-state index in [9.17, 15) is 14.4 Å². The first kappa shape index (κ1) is 24.6. The number of nitrogens with one attached hydrogen (secondary N) is 2. The second-order valence-corrected chi connectivity index (χ2v) is 8.57. The van der Waals surface area contributed by atoms with Gasteiger partial charge in [0.1, 0.15) is 16.5 Å². The Morgan fingerprint density at radius 3 is 2.20 bits per heavy atom. The quantitative estimate of drug-likeness (QED) is 0.362. The van der Waals surface area contributed by atoms with Gasteiger partial charge in [-0.15, -0.1) is 0 Å². The standard InChI is InChI=1S/C25H18Cl3N3O4/c1-2-35-18-10-8-17(9-11-18)30-23(32)14-3-6-16(7-4-14)29-22-21(28)24(33)31(25(22)34)20-13-15(26)5-12-19(20)27/h3-13,29H,2H2,1H3,(H,30,32). The molecule has 0 fully saturated rings. The van der Waals surface area contributed by atoms with Crippen molar-refractivity contribution in [3.8, 4) is 5.75 Å².